The van der Waals surface area contributed by atoms with Crippen molar-refractivity contribution in [2.45, 2.75) is 195 Å². The molecule has 0 unspecified atom stereocenters. The highest BCUT2D eigenvalue weighted by Crippen LogP contribution is 2.54. The zero-order valence-corrected chi connectivity index (χ0v) is 29.5. The van der Waals surface area contributed by atoms with Crippen LogP contribution >= 0.6 is 0 Å². The first-order valence-corrected chi connectivity index (χ1v) is 19.4. The molecule has 0 aliphatic carbocycles. The van der Waals surface area contributed by atoms with Crippen LogP contribution in [0.3, 0.4) is 0 Å². The Balaban J connectivity index is 0.994. The maximum atomic E-state index is 13.9. The minimum absolute atomic E-state index is 0.0218. The number of hydrogen-bond acceptors (Lipinski definition) is 10. The number of hydrogen-bond donors (Lipinski definition) is 0. The van der Waals surface area contributed by atoms with Gasteiger partial charge in [-0.2, -0.15) is 0 Å². The summed E-state index contributed by atoms with van der Waals surface area (Å²) in [5.41, 5.74) is 2.29. The molecule has 0 aromatic heterocycles. The second-order valence-corrected chi connectivity index (χ2v) is 16.7. The Labute approximate surface area is 290 Å². The molecule has 10 aliphatic heterocycles. The smallest absolute Gasteiger partial charge is 0.172 e. The lowest BCUT2D eigenvalue weighted by atomic mass is 9.81. The van der Waals surface area contributed by atoms with Gasteiger partial charge < -0.3 is 42.6 Å². The van der Waals surface area contributed by atoms with Crippen LogP contribution in [-0.4, -0.2) is 110 Å². The Kier molecular flexibility index (Phi) is 8.93. The second-order valence-electron chi connectivity index (χ2n) is 16.7. The van der Waals surface area contributed by atoms with Gasteiger partial charge in [0.25, 0.3) is 0 Å². The molecule has 0 amide bonds. The van der Waals surface area contributed by atoms with E-state index in [-0.39, 0.29) is 103 Å². The molecule has 49 heavy (non-hydrogen) atoms. The van der Waals surface area contributed by atoms with Gasteiger partial charge in [-0.15, -0.1) is 0 Å². The lowest BCUT2D eigenvalue weighted by Crippen LogP contribution is -2.61. The summed E-state index contributed by atoms with van der Waals surface area (Å²) in [6, 6.07) is 0. The third kappa shape index (κ3) is 5.93. The van der Waals surface area contributed by atoms with E-state index < -0.39 is 5.79 Å². The summed E-state index contributed by atoms with van der Waals surface area (Å²) >= 11 is 0. The molecular weight excluding hydrogens is 628 g/mol. The highest BCUT2D eigenvalue weighted by atomic mass is 16.8. The monoisotopic (exact) mass is 684 g/mol. The van der Waals surface area contributed by atoms with Crippen molar-refractivity contribution in [3.63, 3.8) is 0 Å². The van der Waals surface area contributed by atoms with Crippen molar-refractivity contribution in [1.82, 2.24) is 0 Å². The van der Waals surface area contributed by atoms with E-state index in [0.29, 0.717) is 31.6 Å². The summed E-state index contributed by atoms with van der Waals surface area (Å²) < 4.78 is 60.0. The molecule has 0 aromatic rings. The van der Waals surface area contributed by atoms with Gasteiger partial charge in [-0.3, -0.25) is 4.79 Å². The van der Waals surface area contributed by atoms with Crippen LogP contribution in [0, 0.1) is 11.8 Å². The first-order chi connectivity index (χ1) is 23.7. The van der Waals surface area contributed by atoms with Crippen molar-refractivity contribution in [1.29, 1.82) is 0 Å². The van der Waals surface area contributed by atoms with Crippen molar-refractivity contribution in [2.75, 3.05) is 7.11 Å². The lowest BCUT2D eigenvalue weighted by molar-refractivity contribution is -0.292. The predicted molar refractivity (Wildman–Crippen MR) is 177 cm³/mol. The summed E-state index contributed by atoms with van der Waals surface area (Å²) in [7, 11) is 1.74. The van der Waals surface area contributed by atoms with E-state index in [1.165, 1.54) is 5.57 Å². The van der Waals surface area contributed by atoms with Gasteiger partial charge in [-0.25, -0.2) is 0 Å². The molecule has 10 aliphatic rings. The molecule has 10 nitrogen and oxygen atoms in total. The average Bonchev–Trinajstić information content (AvgIpc) is 3.76. The van der Waals surface area contributed by atoms with Gasteiger partial charge in [0.1, 0.15) is 36.3 Å². The molecule has 272 valence electrons. The average molecular weight is 685 g/mol. The van der Waals surface area contributed by atoms with Crippen LogP contribution in [0.25, 0.3) is 0 Å². The maximum Gasteiger partial charge on any atom is 0.172 e. The minimum atomic E-state index is -0.750. The van der Waals surface area contributed by atoms with Gasteiger partial charge in [0.2, 0.25) is 0 Å². The number of ether oxygens (including phenoxy) is 9. The van der Waals surface area contributed by atoms with Crippen LogP contribution in [0.4, 0.5) is 0 Å². The molecule has 18 atom stereocenters. The number of fused-ring (bicyclic) bond motifs is 6. The van der Waals surface area contributed by atoms with E-state index >= 15 is 0 Å². The largest absolute Gasteiger partial charge is 0.378 e. The van der Waals surface area contributed by atoms with Gasteiger partial charge in [0, 0.05) is 45.1 Å². The fourth-order valence-electron chi connectivity index (χ4n) is 11.1. The van der Waals surface area contributed by atoms with Crippen molar-refractivity contribution in [2.24, 2.45) is 11.8 Å². The summed E-state index contributed by atoms with van der Waals surface area (Å²) in [4.78, 5) is 13.9. The van der Waals surface area contributed by atoms with E-state index in [1.807, 2.05) is 0 Å². The normalized spacial score (nSPS) is 54.2. The van der Waals surface area contributed by atoms with Crippen LogP contribution in [-0.2, 0) is 47.4 Å². The summed E-state index contributed by atoms with van der Waals surface area (Å²) in [5, 5.41) is 0. The van der Waals surface area contributed by atoms with E-state index in [4.69, 9.17) is 42.6 Å². The molecule has 10 rings (SSSR count). The molecule has 10 saturated heterocycles. The molecule has 0 saturated carbocycles. The van der Waals surface area contributed by atoms with Gasteiger partial charge >= 0.3 is 0 Å². The van der Waals surface area contributed by atoms with Crippen LogP contribution in [0.1, 0.15) is 97.3 Å². The molecule has 10 heterocycles. The summed E-state index contributed by atoms with van der Waals surface area (Å²) in [6.45, 7) is 13.3. The number of methoxy groups -OCH3 is 1. The SMILES string of the molecule is C=C1C[C@@H]2CC[C@@]34C[C@H]5O[C@H]6[C@@H](O3)[C@H]3O[C@H](CC[C@@H]3O[C@H]6[C@H]5O4)CC(=O)C[C@@H]3[C@@H](OC)[C@@H](CC)O[C@H]3C[C@H]3O[C@@H](CC[C@@H]1O2)C[C@@H](C)C3=C. The minimum Gasteiger partial charge on any atom is -0.378 e. The molecule has 10 fully saturated rings. The number of Topliss-reactive ketones (excluding diaryl/α,β-unsaturated/α-hetero) is 1. The Bertz CT molecular complexity index is 1300. The van der Waals surface area contributed by atoms with Crippen molar-refractivity contribution >= 4 is 5.78 Å². The van der Waals surface area contributed by atoms with Crippen molar-refractivity contribution in [3.8, 4) is 0 Å². The van der Waals surface area contributed by atoms with E-state index in [9.17, 15) is 4.79 Å². The molecule has 10 heteroatoms. The Morgan fingerprint density at radius 2 is 1.49 bits per heavy atom. The molecule has 12 bridgehead atoms. The summed E-state index contributed by atoms with van der Waals surface area (Å²) in [5.74, 6) is -0.285. The van der Waals surface area contributed by atoms with Gasteiger partial charge in [-0.05, 0) is 68.4 Å². The third-order valence-corrected chi connectivity index (χ3v) is 13.6. The fourth-order valence-corrected chi connectivity index (χ4v) is 11.1. The summed E-state index contributed by atoms with van der Waals surface area (Å²) in [6.07, 6.45) is 7.92. The quantitative estimate of drug-likeness (QED) is 0.364. The molecular formula is C39H56O10. The van der Waals surface area contributed by atoms with E-state index in [1.54, 1.807) is 7.11 Å². The Morgan fingerprint density at radius 3 is 2.33 bits per heavy atom. The molecule has 0 N–H and O–H groups in total. The number of ketones is 1. The first kappa shape index (κ1) is 33.6. The van der Waals surface area contributed by atoms with Gasteiger partial charge in [0.15, 0.2) is 5.79 Å². The zero-order chi connectivity index (χ0) is 33.6. The number of carbonyl (C=O) groups excluding carboxylic acids is 1. The van der Waals surface area contributed by atoms with Crippen LogP contribution in [0.15, 0.2) is 24.3 Å². The number of carbonyl (C=O) groups is 1. The molecule has 0 radical (unpaired) electrons. The lowest BCUT2D eigenvalue weighted by Gasteiger charge is -2.47. The van der Waals surface area contributed by atoms with Crippen molar-refractivity contribution < 1.29 is 47.4 Å². The maximum absolute atomic E-state index is 13.9. The van der Waals surface area contributed by atoms with Crippen LogP contribution < -0.4 is 0 Å². The third-order valence-electron chi connectivity index (χ3n) is 13.6. The zero-order valence-electron chi connectivity index (χ0n) is 29.5. The standard InChI is InChI=1S/C39H56O10/c1-6-27-33(41-5)26-16-22(40)15-24-8-10-29-34(44-24)38-37-36(46-29)35-32(47-37)18-39(48-35,49-38)12-11-25-14-20(3)28(42-25)9-7-23-13-19(2)21(4)30(43-23)17-31(26)45-27/h19,23-38H,3-4,6-18H2,1-2,5H3/t19-,23+,24-,25+,26+,27-,28+,29+,30-,31+,32-,33-,34+,35+,36+,37-,38+,39+/m1/s1. The highest BCUT2D eigenvalue weighted by Gasteiger charge is 2.68. The topological polar surface area (TPSA) is 100 Å². The Hall–Kier alpha value is -1.21. The van der Waals surface area contributed by atoms with Crippen LogP contribution in [0.2, 0.25) is 0 Å². The second kappa shape index (κ2) is 13.0. The van der Waals surface area contributed by atoms with Crippen molar-refractivity contribution in [3.05, 3.63) is 24.3 Å². The van der Waals surface area contributed by atoms with Crippen LogP contribution in [0.5, 0.6) is 0 Å². The fraction of sp³-hybridized carbons (Fsp3) is 0.872. The predicted octanol–water partition coefficient (Wildman–Crippen LogP) is 5.14. The number of rotatable bonds is 2. The molecule has 1 spiro atoms. The van der Waals surface area contributed by atoms with E-state index in [0.717, 1.165) is 63.4 Å². The van der Waals surface area contributed by atoms with E-state index in [2.05, 4.69) is 27.0 Å². The van der Waals surface area contributed by atoms with Gasteiger partial charge in [-0.1, -0.05) is 27.0 Å². The van der Waals surface area contributed by atoms with Gasteiger partial charge in [0.05, 0.1) is 61.0 Å². The first-order valence-electron chi connectivity index (χ1n) is 19.4. The Morgan fingerprint density at radius 1 is 0.735 bits per heavy atom. The highest BCUT2D eigenvalue weighted by molar-refractivity contribution is 5.79. The molecule has 0 aromatic carbocycles.